The molecule has 12 heteroatoms. The standard InChI is InChI=1S/C41H43N7O5/c49-37-14-11-31(32-12-15-39(51)43-40(32)37)38(50)24-42-23-27-9-13-34-33(21-27)44-45-47(34)18-4-5-26-8-10-30(28-6-2-1-3-7-28)35(22-26)48(41(52)53)36-25-46-19-16-29(36)17-20-46/h1-3,6-15,21-22,29,36,38,42,49-50H,4-5,16-20,23-25H2,(H,43,51)(H,52,53)/t36-,38-/m0/s1. The zero-order valence-electron chi connectivity index (χ0n) is 29.4. The first-order valence-electron chi connectivity index (χ1n) is 18.3. The van der Waals surface area contributed by atoms with Crippen LogP contribution >= 0.6 is 0 Å². The topological polar surface area (TPSA) is 160 Å². The number of aromatic nitrogens is 4. The van der Waals surface area contributed by atoms with Gasteiger partial charge in [0.1, 0.15) is 11.3 Å². The largest absolute Gasteiger partial charge is 0.506 e. The summed E-state index contributed by atoms with van der Waals surface area (Å²) in [6.45, 7) is 4.29. The summed E-state index contributed by atoms with van der Waals surface area (Å²) in [6.07, 6.45) is 1.87. The molecular weight excluding hydrogens is 670 g/mol. The molecule has 53 heavy (non-hydrogen) atoms. The quantitative estimate of drug-likeness (QED) is 0.108. The van der Waals surface area contributed by atoms with E-state index in [0.29, 0.717) is 35.5 Å². The SMILES string of the molecule is O=C(O)N(c1cc(CCCn2nnc3cc(CNC[C@H](O)c4ccc(O)c5[nH]c(=O)ccc45)ccc32)ccc1-c1ccccc1)[C@H]1CN2CCC1CC2. The summed E-state index contributed by atoms with van der Waals surface area (Å²) in [5, 5.41) is 44.4. The highest BCUT2D eigenvalue weighted by molar-refractivity contribution is 5.94. The Morgan fingerprint density at radius 3 is 2.57 bits per heavy atom. The highest BCUT2D eigenvalue weighted by atomic mass is 16.4. The van der Waals surface area contributed by atoms with Crippen LogP contribution in [0.2, 0.25) is 0 Å². The lowest BCUT2D eigenvalue weighted by atomic mass is 9.82. The fourth-order valence-corrected chi connectivity index (χ4v) is 8.18. The number of amides is 1. The molecule has 6 aromatic rings. The molecule has 272 valence electrons. The Labute approximate surface area is 306 Å². The van der Waals surface area contributed by atoms with Crippen LogP contribution in [0, 0.1) is 5.92 Å². The minimum Gasteiger partial charge on any atom is -0.506 e. The minimum atomic E-state index is -0.900. The summed E-state index contributed by atoms with van der Waals surface area (Å²) in [6, 6.07) is 28.4. The molecule has 12 nitrogen and oxygen atoms in total. The third kappa shape index (κ3) is 7.13. The fraction of sp³-hybridized carbons (Fsp3) is 0.317. The Morgan fingerprint density at radius 1 is 0.981 bits per heavy atom. The van der Waals surface area contributed by atoms with Crippen molar-refractivity contribution in [1.82, 2.24) is 30.2 Å². The number of carboxylic acid groups (broad SMARTS) is 1. The van der Waals surface area contributed by atoms with E-state index >= 15 is 0 Å². The number of benzene rings is 4. The van der Waals surface area contributed by atoms with E-state index in [4.69, 9.17) is 0 Å². The van der Waals surface area contributed by atoms with E-state index < -0.39 is 12.2 Å². The maximum absolute atomic E-state index is 13.0. The summed E-state index contributed by atoms with van der Waals surface area (Å²) in [5.41, 5.74) is 7.07. The summed E-state index contributed by atoms with van der Waals surface area (Å²) in [4.78, 5) is 31.4. The average Bonchev–Trinajstić information content (AvgIpc) is 3.58. The summed E-state index contributed by atoms with van der Waals surface area (Å²) < 4.78 is 1.91. The molecule has 0 aliphatic carbocycles. The number of aromatic amines is 1. The van der Waals surface area contributed by atoms with Gasteiger partial charge in [-0.2, -0.15) is 0 Å². The number of phenolic OH excluding ortho intramolecular Hbond substituents is 1. The van der Waals surface area contributed by atoms with Crippen molar-refractivity contribution in [2.45, 2.75) is 50.9 Å². The van der Waals surface area contributed by atoms with E-state index in [9.17, 15) is 24.9 Å². The molecule has 5 heterocycles. The number of aliphatic hydroxyl groups excluding tert-OH is 1. The van der Waals surface area contributed by atoms with Gasteiger partial charge in [0.15, 0.2) is 0 Å². The van der Waals surface area contributed by atoms with Gasteiger partial charge in [0, 0.05) is 43.2 Å². The van der Waals surface area contributed by atoms with E-state index in [1.807, 2.05) is 53.2 Å². The number of rotatable bonds is 12. The second-order valence-electron chi connectivity index (χ2n) is 14.2. The zero-order valence-corrected chi connectivity index (χ0v) is 29.4. The number of hydrogen-bond acceptors (Lipinski definition) is 8. The van der Waals surface area contributed by atoms with Crippen LogP contribution < -0.4 is 15.8 Å². The number of hydrogen-bond donors (Lipinski definition) is 5. The summed E-state index contributed by atoms with van der Waals surface area (Å²) >= 11 is 0. The van der Waals surface area contributed by atoms with Crippen molar-refractivity contribution in [3.63, 3.8) is 0 Å². The molecule has 4 aromatic carbocycles. The van der Waals surface area contributed by atoms with Crippen LogP contribution in [0.15, 0.2) is 95.8 Å². The lowest BCUT2D eigenvalue weighted by molar-refractivity contribution is 0.0837. The van der Waals surface area contributed by atoms with Crippen LogP contribution in [0.4, 0.5) is 10.5 Å². The number of fused-ring (bicyclic) bond motifs is 5. The Kier molecular flexibility index (Phi) is 9.65. The number of nitrogens with one attached hydrogen (secondary N) is 2. The van der Waals surface area contributed by atoms with Crippen molar-refractivity contribution in [2.75, 3.05) is 31.1 Å². The molecule has 3 aliphatic rings. The van der Waals surface area contributed by atoms with Gasteiger partial charge in [0.25, 0.3) is 0 Å². The molecule has 2 aromatic heterocycles. The zero-order chi connectivity index (χ0) is 36.5. The second kappa shape index (κ2) is 14.8. The van der Waals surface area contributed by atoms with Crippen molar-refractivity contribution in [2.24, 2.45) is 5.92 Å². The number of anilines is 1. The molecule has 3 aliphatic heterocycles. The first-order valence-corrected chi connectivity index (χ1v) is 18.3. The van der Waals surface area contributed by atoms with E-state index in [1.165, 1.54) is 12.1 Å². The first-order chi connectivity index (χ1) is 25.8. The highest BCUT2D eigenvalue weighted by Crippen LogP contribution is 2.39. The number of H-pyrrole nitrogens is 1. The van der Waals surface area contributed by atoms with Gasteiger partial charge < -0.3 is 30.5 Å². The predicted molar refractivity (Wildman–Crippen MR) is 204 cm³/mol. The maximum atomic E-state index is 13.0. The molecule has 3 fully saturated rings. The van der Waals surface area contributed by atoms with Crippen LogP contribution in [-0.4, -0.2) is 78.5 Å². The van der Waals surface area contributed by atoms with Crippen LogP contribution in [0.3, 0.4) is 0 Å². The Bertz CT molecular complexity index is 2320. The molecule has 0 saturated carbocycles. The number of aryl methyl sites for hydroxylation is 2. The van der Waals surface area contributed by atoms with E-state index in [-0.39, 0.29) is 23.9 Å². The van der Waals surface area contributed by atoms with E-state index in [1.54, 1.807) is 17.0 Å². The maximum Gasteiger partial charge on any atom is 0.412 e. The predicted octanol–water partition coefficient (Wildman–Crippen LogP) is 5.68. The molecule has 0 spiro atoms. The Hall–Kier alpha value is -5.56. The molecule has 1 amide bonds. The molecule has 0 radical (unpaired) electrons. The van der Waals surface area contributed by atoms with E-state index in [2.05, 4.69) is 43.7 Å². The summed E-state index contributed by atoms with van der Waals surface area (Å²) in [7, 11) is 0. The van der Waals surface area contributed by atoms with Gasteiger partial charge in [-0.05, 0) is 97.3 Å². The van der Waals surface area contributed by atoms with Crippen LogP contribution in [0.25, 0.3) is 33.1 Å². The van der Waals surface area contributed by atoms with Gasteiger partial charge in [0.05, 0.1) is 28.9 Å². The van der Waals surface area contributed by atoms with Gasteiger partial charge in [0.2, 0.25) is 5.56 Å². The monoisotopic (exact) mass is 713 g/mol. The molecule has 2 atom stereocenters. The number of pyridine rings is 1. The second-order valence-corrected chi connectivity index (χ2v) is 14.2. The average molecular weight is 714 g/mol. The molecule has 9 rings (SSSR count). The summed E-state index contributed by atoms with van der Waals surface area (Å²) in [5.74, 6) is 0.323. The molecule has 5 N–H and O–H groups in total. The number of piperidine rings is 3. The minimum absolute atomic E-state index is 0.0449. The van der Waals surface area contributed by atoms with Gasteiger partial charge in [-0.25, -0.2) is 9.48 Å². The fourth-order valence-electron chi connectivity index (χ4n) is 8.18. The third-order valence-electron chi connectivity index (χ3n) is 10.9. The van der Waals surface area contributed by atoms with Gasteiger partial charge in [-0.15, -0.1) is 5.10 Å². The van der Waals surface area contributed by atoms with Gasteiger partial charge >= 0.3 is 6.09 Å². The Morgan fingerprint density at radius 2 is 1.79 bits per heavy atom. The number of nitrogens with zero attached hydrogens (tertiary/aromatic N) is 5. The van der Waals surface area contributed by atoms with E-state index in [0.717, 1.165) is 84.3 Å². The van der Waals surface area contributed by atoms with Crippen LogP contribution in [0.5, 0.6) is 5.75 Å². The number of carbonyl (C=O) groups is 1. The first kappa shape index (κ1) is 34.5. The van der Waals surface area contributed by atoms with Crippen molar-refractivity contribution < 1.29 is 20.1 Å². The van der Waals surface area contributed by atoms with Crippen LogP contribution in [-0.2, 0) is 19.5 Å². The number of phenols is 1. The molecular formula is C41H43N7O5. The lowest BCUT2D eigenvalue weighted by Crippen LogP contribution is -2.59. The number of aromatic hydroxyl groups is 1. The van der Waals surface area contributed by atoms with Crippen molar-refractivity contribution in [1.29, 1.82) is 0 Å². The van der Waals surface area contributed by atoms with Crippen LogP contribution in [0.1, 0.15) is 42.1 Å². The van der Waals surface area contributed by atoms with Crippen molar-refractivity contribution in [3.05, 3.63) is 118 Å². The lowest BCUT2D eigenvalue weighted by Gasteiger charge is -2.48. The number of aliphatic hydroxyl groups is 1. The van der Waals surface area contributed by atoms with Crippen molar-refractivity contribution in [3.8, 4) is 16.9 Å². The van der Waals surface area contributed by atoms with Gasteiger partial charge in [-0.1, -0.05) is 59.8 Å². The van der Waals surface area contributed by atoms with Crippen molar-refractivity contribution >= 4 is 33.7 Å². The third-order valence-corrected chi connectivity index (χ3v) is 10.9. The normalized spacial score (nSPS) is 18.8. The highest BCUT2D eigenvalue weighted by Gasteiger charge is 2.41. The molecule has 3 saturated heterocycles. The smallest absolute Gasteiger partial charge is 0.412 e. The molecule has 0 unspecified atom stereocenters. The van der Waals surface area contributed by atoms with Gasteiger partial charge in [-0.3, -0.25) is 9.69 Å². The Balaban J connectivity index is 0.929. The molecule has 2 bridgehead atoms.